The lowest BCUT2D eigenvalue weighted by molar-refractivity contribution is 1.18. The van der Waals surface area contributed by atoms with Crippen LogP contribution in [0.3, 0.4) is 0 Å². The lowest BCUT2D eigenvalue weighted by atomic mass is 9.76. The number of benzene rings is 13. The Labute approximate surface area is 537 Å². The molecule has 0 saturated heterocycles. The summed E-state index contributed by atoms with van der Waals surface area (Å²) in [6, 6.07) is 107. The van der Waals surface area contributed by atoms with Gasteiger partial charge in [-0.2, -0.15) is 5.26 Å². The minimum atomic E-state index is 0.570. The van der Waals surface area contributed by atoms with Crippen LogP contribution in [0.2, 0.25) is 0 Å². The van der Waals surface area contributed by atoms with Crippen molar-refractivity contribution in [3.05, 3.63) is 320 Å². The van der Waals surface area contributed by atoms with E-state index in [-0.39, 0.29) is 0 Å². The highest BCUT2D eigenvalue weighted by atomic mass is 15.0. The number of aromatic nitrogens is 5. The summed E-state index contributed by atoms with van der Waals surface area (Å²) in [6.07, 6.45) is 3.69. The van der Waals surface area contributed by atoms with Crippen LogP contribution < -0.4 is 0 Å². The molecule has 0 amide bonds. The highest BCUT2D eigenvalue weighted by Gasteiger charge is 2.30. The molecule has 18 aromatic rings. The average Bonchev–Trinajstić information content (AvgIpc) is 1.68. The number of nitrogens with zero attached hydrogens (tertiary/aromatic N) is 6. The van der Waals surface area contributed by atoms with E-state index in [9.17, 15) is 5.26 Å². The number of pyridine rings is 1. The second kappa shape index (κ2) is 21.2. The number of rotatable bonds is 9. The second-order valence-electron chi connectivity index (χ2n) is 24.8. The highest BCUT2D eigenvalue weighted by Crippen LogP contribution is 2.54. The number of hydrogen-bond acceptors (Lipinski definition) is 2. The summed E-state index contributed by atoms with van der Waals surface area (Å²) < 4.78 is 9.52. The number of fused-ring (bicyclic) bond motifs is 12. The summed E-state index contributed by atoms with van der Waals surface area (Å²) in [5.41, 5.74) is 26.9. The van der Waals surface area contributed by atoms with Gasteiger partial charge in [-0.15, -0.1) is 0 Å². The van der Waals surface area contributed by atoms with Crippen molar-refractivity contribution in [3.63, 3.8) is 0 Å². The van der Waals surface area contributed by atoms with Gasteiger partial charge in [0.05, 0.1) is 49.7 Å². The Bertz CT molecular complexity index is 6060. The van der Waals surface area contributed by atoms with Crippen LogP contribution in [-0.2, 0) is 0 Å². The third kappa shape index (κ3) is 8.37. The van der Waals surface area contributed by atoms with E-state index >= 15 is 0 Å². The fourth-order valence-corrected chi connectivity index (χ4v) is 15.2. The summed E-state index contributed by atoms with van der Waals surface area (Å²) in [6.45, 7) is 6.49. The molecule has 0 saturated carbocycles. The molecule has 0 N–H and O–H groups in total. The first kappa shape index (κ1) is 53.7. The minimum absolute atomic E-state index is 0.570. The first-order valence-corrected chi connectivity index (χ1v) is 31.8. The van der Waals surface area contributed by atoms with Gasteiger partial charge in [0, 0.05) is 89.4 Å². The molecule has 13 aromatic carbocycles. The third-order valence-corrected chi connectivity index (χ3v) is 19.3. The van der Waals surface area contributed by atoms with E-state index in [4.69, 9.17) is 0 Å². The largest absolute Gasteiger partial charge is 0.309 e. The van der Waals surface area contributed by atoms with E-state index in [1.54, 1.807) is 0 Å². The van der Waals surface area contributed by atoms with Gasteiger partial charge in [0.15, 0.2) is 0 Å². The van der Waals surface area contributed by atoms with Gasteiger partial charge < -0.3 is 18.3 Å². The molecule has 0 radical (unpaired) electrons. The monoisotopic (exact) mass is 1190 g/mol. The quantitative estimate of drug-likeness (QED) is 0.145. The van der Waals surface area contributed by atoms with Gasteiger partial charge in [-0.1, -0.05) is 174 Å². The van der Waals surface area contributed by atoms with Crippen molar-refractivity contribution in [2.24, 2.45) is 0 Å². The van der Waals surface area contributed by atoms with Gasteiger partial charge in [-0.25, -0.2) is 0 Å². The van der Waals surface area contributed by atoms with Crippen LogP contribution >= 0.6 is 0 Å². The Hall–Kier alpha value is -12.3. The Balaban J connectivity index is 0.937. The first-order valence-electron chi connectivity index (χ1n) is 31.8. The maximum Gasteiger partial charge on any atom is 0.100 e. The lowest BCUT2D eigenvalue weighted by Crippen LogP contribution is -2.03. The molecule has 0 aliphatic heterocycles. The van der Waals surface area contributed by atoms with Crippen LogP contribution in [0, 0.1) is 32.1 Å². The van der Waals surface area contributed by atoms with Crippen LogP contribution in [-0.4, -0.2) is 23.3 Å². The fraction of sp³-hybridized carbons (Fsp3) is 0.0345. The molecular formula is C87H58N6. The molecule has 0 bridgehead atoms. The molecule has 0 fully saturated rings. The van der Waals surface area contributed by atoms with Crippen molar-refractivity contribution in [2.75, 3.05) is 0 Å². The van der Waals surface area contributed by atoms with E-state index < -0.39 is 0 Å². The van der Waals surface area contributed by atoms with Crippen molar-refractivity contribution in [2.45, 2.75) is 20.8 Å². The molecule has 93 heavy (non-hydrogen) atoms. The zero-order valence-corrected chi connectivity index (χ0v) is 51.5. The van der Waals surface area contributed by atoms with Gasteiger partial charge in [0.25, 0.3) is 0 Å². The molecule has 0 atom stereocenters. The van der Waals surface area contributed by atoms with Gasteiger partial charge >= 0.3 is 0 Å². The summed E-state index contributed by atoms with van der Waals surface area (Å²) >= 11 is 0. The zero-order valence-electron chi connectivity index (χ0n) is 51.5. The average molecular weight is 1190 g/mol. The molecule has 0 aliphatic rings. The summed E-state index contributed by atoms with van der Waals surface area (Å²) in [4.78, 5) is 4.59. The van der Waals surface area contributed by atoms with E-state index in [2.05, 4.69) is 335 Å². The van der Waals surface area contributed by atoms with Crippen molar-refractivity contribution in [1.29, 1.82) is 5.26 Å². The molecule has 0 spiro atoms. The molecule has 436 valence electrons. The molecule has 6 heteroatoms. The molecule has 5 aromatic heterocycles. The van der Waals surface area contributed by atoms with E-state index in [1.165, 1.54) is 59.8 Å². The van der Waals surface area contributed by atoms with Crippen LogP contribution in [0.1, 0.15) is 22.3 Å². The SMILES string of the molecule is Cc1ccc2c(c1)c1ccccc1n2-c1ccc(-c2c(-c3ccncc3)c(C#N)c(-c3ccc(-n4c5ccccc5c5ccccc54)cc3)c(-c3ccc(-n4c5ccccc5c5cc(C)ccc54)cc3)c2-c2ccc(-n3c4ccccc4c4cc(C)ccc43)cc2)cc1. The molecule has 5 heterocycles. The van der Waals surface area contributed by atoms with Crippen molar-refractivity contribution < 1.29 is 0 Å². The lowest BCUT2D eigenvalue weighted by Gasteiger charge is -2.26. The maximum atomic E-state index is 12.4. The number of nitriles is 1. The number of aryl methyl sites for hydroxylation is 3. The fourth-order valence-electron chi connectivity index (χ4n) is 15.2. The number of para-hydroxylation sites is 5. The van der Waals surface area contributed by atoms with Gasteiger partial charge in [0.1, 0.15) is 6.07 Å². The summed E-state index contributed by atoms with van der Waals surface area (Å²) in [7, 11) is 0. The summed E-state index contributed by atoms with van der Waals surface area (Å²) in [5.74, 6) is 0. The molecule has 0 unspecified atom stereocenters. The normalized spacial score (nSPS) is 11.8. The van der Waals surface area contributed by atoms with Crippen molar-refractivity contribution >= 4 is 87.2 Å². The van der Waals surface area contributed by atoms with Gasteiger partial charge in [-0.05, 0) is 193 Å². The topological polar surface area (TPSA) is 56.4 Å². The molecule has 18 rings (SSSR count). The van der Waals surface area contributed by atoms with Gasteiger partial charge in [0.2, 0.25) is 0 Å². The smallest absolute Gasteiger partial charge is 0.100 e. The van der Waals surface area contributed by atoms with Crippen LogP contribution in [0.4, 0.5) is 0 Å². The number of hydrogen-bond donors (Lipinski definition) is 0. The minimum Gasteiger partial charge on any atom is -0.309 e. The predicted molar refractivity (Wildman–Crippen MR) is 388 cm³/mol. The standard InChI is InChI=1S/C87H58N6/c1-54-24-43-80-71(50-54)68-16-6-11-21-77(68)91(80)63-37-29-58(30-38-63)85-83(57-27-35-62(36-28-57)90-75-19-9-4-14-66(75)67-15-5-10-20-76(67)90)74(53-88)84(61-46-48-89-49-47-61)86(59-31-39-64(40-32-59)92-78-22-12-7-17-69(78)72-51-55(2)25-44-81(72)92)87(85)60-33-41-65(42-34-60)93-79-23-13-8-18-70(79)73-52-56(3)26-45-82(73)93/h4-52H,1-3H3. The van der Waals surface area contributed by atoms with Gasteiger partial charge in [-0.3, -0.25) is 4.98 Å². The third-order valence-electron chi connectivity index (χ3n) is 19.3. The molecule has 6 nitrogen and oxygen atoms in total. The van der Waals surface area contributed by atoms with Crippen LogP contribution in [0.25, 0.3) is 166 Å². The van der Waals surface area contributed by atoms with Crippen LogP contribution in [0.15, 0.2) is 298 Å². The van der Waals surface area contributed by atoms with E-state index in [0.717, 1.165) is 123 Å². The second-order valence-corrected chi connectivity index (χ2v) is 24.8. The van der Waals surface area contributed by atoms with Crippen molar-refractivity contribution in [1.82, 2.24) is 23.3 Å². The Morgan fingerprint density at radius 2 is 0.484 bits per heavy atom. The van der Waals surface area contributed by atoms with Crippen molar-refractivity contribution in [3.8, 4) is 84.5 Å². The Morgan fingerprint density at radius 3 is 0.774 bits per heavy atom. The zero-order chi connectivity index (χ0) is 62.0. The van der Waals surface area contributed by atoms with E-state index in [0.29, 0.717) is 5.56 Å². The Morgan fingerprint density at radius 1 is 0.247 bits per heavy atom. The van der Waals surface area contributed by atoms with Crippen LogP contribution in [0.5, 0.6) is 0 Å². The summed E-state index contributed by atoms with van der Waals surface area (Å²) in [5, 5.41) is 22.1. The molecular weight excluding hydrogens is 1130 g/mol. The highest BCUT2D eigenvalue weighted by molar-refractivity contribution is 6.15. The predicted octanol–water partition coefficient (Wildman–Crippen LogP) is 22.6. The Kier molecular flexibility index (Phi) is 12.2. The first-order chi connectivity index (χ1) is 45.8. The maximum absolute atomic E-state index is 12.4. The molecule has 0 aliphatic carbocycles. The van der Waals surface area contributed by atoms with E-state index in [1.807, 2.05) is 12.4 Å².